The maximum atomic E-state index is 6.06. The van der Waals surface area contributed by atoms with Gasteiger partial charge < -0.3 is 10.5 Å². The number of nitrogens with two attached hydrogens (primary N) is 1. The van der Waals surface area contributed by atoms with Crippen LogP contribution in [0.3, 0.4) is 0 Å². The van der Waals surface area contributed by atoms with E-state index in [0.717, 1.165) is 19.4 Å². The Morgan fingerprint density at radius 1 is 1.71 bits per heavy atom. The second-order valence-electron chi connectivity index (χ2n) is 3.77. The van der Waals surface area contributed by atoms with Crippen LogP contribution in [0.15, 0.2) is 6.20 Å². The molecule has 0 aliphatic heterocycles. The van der Waals surface area contributed by atoms with E-state index < -0.39 is 0 Å². The van der Waals surface area contributed by atoms with Crippen molar-refractivity contribution in [3.05, 3.63) is 17.5 Å². The Kier molecular flexibility index (Phi) is 2.84. The lowest BCUT2D eigenvalue weighted by Gasteiger charge is -2.20. The molecule has 1 aliphatic carbocycles. The zero-order chi connectivity index (χ0) is 9.97. The first-order valence-corrected chi connectivity index (χ1v) is 5.12. The van der Waals surface area contributed by atoms with Gasteiger partial charge in [0.25, 0.3) is 0 Å². The molecule has 14 heavy (non-hydrogen) atoms. The van der Waals surface area contributed by atoms with E-state index in [-0.39, 0.29) is 6.04 Å². The minimum Gasteiger partial charge on any atom is -0.383 e. The van der Waals surface area contributed by atoms with Gasteiger partial charge in [0.1, 0.15) is 0 Å². The molecular weight excluding hydrogens is 178 g/mol. The maximum Gasteiger partial charge on any atom is 0.0659 e. The van der Waals surface area contributed by atoms with Crippen LogP contribution in [-0.2, 0) is 17.7 Å². The van der Waals surface area contributed by atoms with E-state index in [2.05, 4.69) is 5.10 Å². The number of hydrogen-bond donors (Lipinski definition) is 1. The fraction of sp³-hybridized carbons (Fsp3) is 0.700. The van der Waals surface area contributed by atoms with Crippen molar-refractivity contribution in [1.29, 1.82) is 0 Å². The third-order valence-corrected chi connectivity index (χ3v) is 2.78. The number of aromatic nitrogens is 2. The van der Waals surface area contributed by atoms with E-state index in [1.807, 2.05) is 10.9 Å². The molecule has 78 valence electrons. The van der Waals surface area contributed by atoms with Crippen LogP contribution in [0.1, 0.15) is 30.1 Å². The number of ether oxygens (including phenoxy) is 1. The minimum absolute atomic E-state index is 0.165. The van der Waals surface area contributed by atoms with E-state index in [1.165, 1.54) is 17.7 Å². The maximum absolute atomic E-state index is 6.06. The van der Waals surface area contributed by atoms with Gasteiger partial charge in [0, 0.05) is 13.2 Å². The van der Waals surface area contributed by atoms with E-state index >= 15 is 0 Å². The smallest absolute Gasteiger partial charge is 0.0659 e. The summed E-state index contributed by atoms with van der Waals surface area (Å²) in [5.74, 6) is 0. The average molecular weight is 195 g/mol. The molecule has 0 saturated heterocycles. The summed E-state index contributed by atoms with van der Waals surface area (Å²) >= 11 is 0. The standard InChI is InChI=1S/C10H17N3O/c1-14-6-5-13-10-8(7-12-13)3-2-4-9(10)11/h7,9H,2-6,11H2,1H3/t9-/m0/s1. The summed E-state index contributed by atoms with van der Waals surface area (Å²) < 4.78 is 7.03. The molecule has 2 rings (SSSR count). The number of fused-ring (bicyclic) bond motifs is 1. The van der Waals surface area contributed by atoms with Gasteiger partial charge in [-0.15, -0.1) is 0 Å². The third-order valence-electron chi connectivity index (χ3n) is 2.78. The summed E-state index contributed by atoms with van der Waals surface area (Å²) in [6, 6.07) is 0.165. The summed E-state index contributed by atoms with van der Waals surface area (Å²) in [6.07, 6.45) is 5.33. The molecule has 0 saturated carbocycles. The Morgan fingerprint density at radius 2 is 2.57 bits per heavy atom. The second-order valence-corrected chi connectivity index (χ2v) is 3.77. The van der Waals surface area contributed by atoms with Crippen molar-refractivity contribution in [2.24, 2.45) is 5.73 Å². The van der Waals surface area contributed by atoms with Crippen molar-refractivity contribution >= 4 is 0 Å². The lowest BCUT2D eigenvalue weighted by molar-refractivity contribution is 0.181. The molecule has 0 amide bonds. The van der Waals surface area contributed by atoms with Crippen molar-refractivity contribution in [3.8, 4) is 0 Å². The van der Waals surface area contributed by atoms with Crippen molar-refractivity contribution in [1.82, 2.24) is 9.78 Å². The molecule has 0 bridgehead atoms. The van der Waals surface area contributed by atoms with Crippen LogP contribution < -0.4 is 5.73 Å². The molecule has 1 aromatic heterocycles. The van der Waals surface area contributed by atoms with Gasteiger partial charge in [-0.3, -0.25) is 4.68 Å². The van der Waals surface area contributed by atoms with Crippen LogP contribution >= 0.6 is 0 Å². The molecule has 4 nitrogen and oxygen atoms in total. The minimum atomic E-state index is 0.165. The lowest BCUT2D eigenvalue weighted by atomic mass is 9.94. The number of methoxy groups -OCH3 is 1. The predicted octanol–water partition coefficient (Wildman–Crippen LogP) is 0.866. The quantitative estimate of drug-likeness (QED) is 0.778. The van der Waals surface area contributed by atoms with Crippen molar-refractivity contribution in [3.63, 3.8) is 0 Å². The molecule has 0 radical (unpaired) electrons. The van der Waals surface area contributed by atoms with Crippen LogP contribution in [0.5, 0.6) is 0 Å². The number of hydrogen-bond acceptors (Lipinski definition) is 3. The van der Waals surface area contributed by atoms with Crippen LogP contribution in [0, 0.1) is 0 Å². The fourth-order valence-electron chi connectivity index (χ4n) is 2.06. The molecule has 0 fully saturated rings. The van der Waals surface area contributed by atoms with Crippen LogP contribution in [0.25, 0.3) is 0 Å². The Hall–Kier alpha value is -0.870. The van der Waals surface area contributed by atoms with E-state index in [4.69, 9.17) is 10.5 Å². The number of nitrogens with zero attached hydrogens (tertiary/aromatic N) is 2. The summed E-state index contributed by atoms with van der Waals surface area (Å²) in [7, 11) is 1.70. The highest BCUT2D eigenvalue weighted by molar-refractivity contribution is 5.23. The fourth-order valence-corrected chi connectivity index (χ4v) is 2.06. The monoisotopic (exact) mass is 195 g/mol. The summed E-state index contributed by atoms with van der Waals surface area (Å²) in [5.41, 5.74) is 8.60. The Labute approximate surface area is 84.0 Å². The average Bonchev–Trinajstić information content (AvgIpc) is 2.59. The van der Waals surface area contributed by atoms with Gasteiger partial charge >= 0.3 is 0 Å². The molecule has 2 N–H and O–H groups in total. The second kappa shape index (κ2) is 4.11. The van der Waals surface area contributed by atoms with Gasteiger partial charge in [-0.2, -0.15) is 5.10 Å². The molecule has 1 aliphatic rings. The molecule has 4 heteroatoms. The van der Waals surface area contributed by atoms with Crippen molar-refractivity contribution in [2.75, 3.05) is 13.7 Å². The van der Waals surface area contributed by atoms with Crippen LogP contribution in [-0.4, -0.2) is 23.5 Å². The molecule has 1 heterocycles. The van der Waals surface area contributed by atoms with E-state index in [0.29, 0.717) is 6.61 Å². The van der Waals surface area contributed by atoms with Gasteiger partial charge in [-0.1, -0.05) is 0 Å². The Balaban J connectivity index is 2.20. The van der Waals surface area contributed by atoms with Gasteiger partial charge in [-0.25, -0.2) is 0 Å². The highest BCUT2D eigenvalue weighted by Crippen LogP contribution is 2.27. The predicted molar refractivity (Wildman–Crippen MR) is 54.0 cm³/mol. The van der Waals surface area contributed by atoms with Crippen LogP contribution in [0.4, 0.5) is 0 Å². The summed E-state index contributed by atoms with van der Waals surface area (Å²) in [6.45, 7) is 1.50. The zero-order valence-corrected chi connectivity index (χ0v) is 8.57. The highest BCUT2D eigenvalue weighted by Gasteiger charge is 2.21. The van der Waals surface area contributed by atoms with Gasteiger partial charge in [-0.05, 0) is 24.8 Å². The Bertz CT molecular complexity index is 308. The van der Waals surface area contributed by atoms with E-state index in [1.54, 1.807) is 7.11 Å². The molecule has 0 aromatic carbocycles. The van der Waals surface area contributed by atoms with Crippen molar-refractivity contribution < 1.29 is 4.74 Å². The third kappa shape index (κ3) is 1.67. The molecule has 1 atom stereocenters. The Morgan fingerprint density at radius 3 is 3.36 bits per heavy atom. The first-order chi connectivity index (χ1) is 6.83. The molecular formula is C10H17N3O. The van der Waals surface area contributed by atoms with Gasteiger partial charge in [0.15, 0.2) is 0 Å². The van der Waals surface area contributed by atoms with E-state index in [9.17, 15) is 0 Å². The van der Waals surface area contributed by atoms with Gasteiger partial charge in [0.2, 0.25) is 0 Å². The number of aryl methyl sites for hydroxylation is 1. The molecule has 0 spiro atoms. The largest absolute Gasteiger partial charge is 0.383 e. The SMILES string of the molecule is COCCn1ncc2c1[C@@H](N)CCC2. The highest BCUT2D eigenvalue weighted by atomic mass is 16.5. The number of rotatable bonds is 3. The first-order valence-electron chi connectivity index (χ1n) is 5.12. The van der Waals surface area contributed by atoms with Crippen LogP contribution in [0.2, 0.25) is 0 Å². The molecule has 0 unspecified atom stereocenters. The zero-order valence-electron chi connectivity index (χ0n) is 8.57. The van der Waals surface area contributed by atoms with Crippen molar-refractivity contribution in [2.45, 2.75) is 31.8 Å². The summed E-state index contributed by atoms with van der Waals surface area (Å²) in [4.78, 5) is 0. The first kappa shape index (κ1) is 9.68. The normalized spacial score (nSPS) is 20.9. The molecule has 1 aromatic rings. The van der Waals surface area contributed by atoms with Gasteiger partial charge in [0.05, 0.1) is 25.0 Å². The summed E-state index contributed by atoms with van der Waals surface area (Å²) in [5, 5.41) is 4.34. The topological polar surface area (TPSA) is 53.1 Å². The lowest BCUT2D eigenvalue weighted by Crippen LogP contribution is -2.22.